The summed E-state index contributed by atoms with van der Waals surface area (Å²) < 4.78 is 10.7. The van der Waals surface area contributed by atoms with E-state index in [-0.39, 0.29) is 11.6 Å². The Morgan fingerprint density at radius 1 is 0.903 bits per heavy atom. The Morgan fingerprint density at radius 3 is 2.00 bits per heavy atom. The number of hydrogen-bond acceptors (Lipinski definition) is 5. The average Bonchev–Trinajstić information content (AvgIpc) is 2.80. The second-order valence-electron chi connectivity index (χ2n) is 7.38. The van der Waals surface area contributed by atoms with Gasteiger partial charge >= 0.3 is 0 Å². The maximum absolute atomic E-state index is 12.7. The summed E-state index contributed by atoms with van der Waals surface area (Å²) in [5.41, 5.74) is 2.71. The van der Waals surface area contributed by atoms with E-state index in [1.54, 1.807) is 26.4 Å². The second-order valence-corrected chi connectivity index (χ2v) is 7.38. The molecule has 3 aromatic carbocycles. The highest BCUT2D eigenvalue weighted by molar-refractivity contribution is 5.81. The van der Waals surface area contributed by atoms with E-state index in [1.807, 2.05) is 43.4 Å². The van der Waals surface area contributed by atoms with Crippen LogP contribution in [0.3, 0.4) is 0 Å². The van der Waals surface area contributed by atoms with Gasteiger partial charge in [-0.2, -0.15) is 0 Å². The maximum Gasteiger partial charge on any atom is 0.258 e. The maximum atomic E-state index is 12.7. The number of fused-ring (bicyclic) bond motifs is 1. The van der Waals surface area contributed by atoms with Gasteiger partial charge in [-0.3, -0.25) is 9.69 Å². The highest BCUT2D eigenvalue weighted by atomic mass is 16.5. The first-order chi connectivity index (χ1) is 15.1. The van der Waals surface area contributed by atoms with Crippen LogP contribution in [-0.2, 0) is 6.54 Å². The van der Waals surface area contributed by atoms with E-state index in [2.05, 4.69) is 34.1 Å². The molecule has 6 heteroatoms. The van der Waals surface area contributed by atoms with E-state index in [1.165, 1.54) is 11.1 Å². The fourth-order valence-corrected chi connectivity index (χ4v) is 3.89. The van der Waals surface area contributed by atoms with Crippen LogP contribution in [0.15, 0.2) is 77.6 Å². The number of hydrogen-bond donors (Lipinski definition) is 1. The van der Waals surface area contributed by atoms with Crippen molar-refractivity contribution in [3.63, 3.8) is 0 Å². The van der Waals surface area contributed by atoms with Crippen LogP contribution in [0.4, 0.5) is 0 Å². The summed E-state index contributed by atoms with van der Waals surface area (Å²) in [4.78, 5) is 22.5. The summed E-state index contributed by atoms with van der Waals surface area (Å²) in [6.07, 6.45) is 0. The summed E-state index contributed by atoms with van der Waals surface area (Å²) in [5, 5.41) is 0.465. The van der Waals surface area contributed by atoms with Crippen LogP contribution in [0, 0.1) is 0 Å². The number of methoxy groups -OCH3 is 2. The molecule has 0 aliphatic carbocycles. The van der Waals surface area contributed by atoms with Crippen molar-refractivity contribution in [2.45, 2.75) is 12.6 Å². The van der Waals surface area contributed by atoms with E-state index in [0.717, 1.165) is 0 Å². The lowest BCUT2D eigenvalue weighted by molar-refractivity contribution is 0.264. The summed E-state index contributed by atoms with van der Waals surface area (Å²) in [7, 11) is 5.14. The standard InChI is InChI=1S/C25H25N3O3/c1-28(24(17-10-6-4-7-11-17)18-12-8-5-9-13-18)16-23-26-20-15-22(31-3)21(30-2)14-19(20)25(29)27-23/h4-15,24H,16H2,1-3H3,(H,26,27,29). The van der Waals surface area contributed by atoms with Crippen LogP contribution in [0.25, 0.3) is 10.9 Å². The normalized spacial score (nSPS) is 11.3. The van der Waals surface area contributed by atoms with Gasteiger partial charge in [0.1, 0.15) is 5.82 Å². The minimum Gasteiger partial charge on any atom is -0.493 e. The van der Waals surface area contributed by atoms with Crippen molar-refractivity contribution in [1.29, 1.82) is 0 Å². The van der Waals surface area contributed by atoms with Gasteiger partial charge in [0.2, 0.25) is 0 Å². The van der Waals surface area contributed by atoms with Gasteiger partial charge in [0.05, 0.1) is 37.7 Å². The lowest BCUT2D eigenvalue weighted by Crippen LogP contribution is -2.27. The van der Waals surface area contributed by atoms with Gasteiger partial charge in [-0.15, -0.1) is 0 Å². The Balaban J connectivity index is 1.72. The molecule has 0 saturated heterocycles. The molecule has 0 fully saturated rings. The summed E-state index contributed by atoms with van der Waals surface area (Å²) in [6.45, 7) is 0.466. The zero-order valence-electron chi connectivity index (χ0n) is 17.8. The van der Waals surface area contributed by atoms with Crippen LogP contribution < -0.4 is 15.0 Å². The Bertz CT molecular complexity index is 1180. The van der Waals surface area contributed by atoms with Crippen LogP contribution in [0.5, 0.6) is 11.5 Å². The third kappa shape index (κ3) is 4.29. The Morgan fingerprint density at radius 2 is 1.45 bits per heavy atom. The molecule has 6 nitrogen and oxygen atoms in total. The molecule has 31 heavy (non-hydrogen) atoms. The fourth-order valence-electron chi connectivity index (χ4n) is 3.89. The Kier molecular flexibility index (Phi) is 6.00. The van der Waals surface area contributed by atoms with Crippen molar-refractivity contribution in [3.8, 4) is 11.5 Å². The molecule has 0 amide bonds. The Hall–Kier alpha value is -3.64. The third-order valence-corrected chi connectivity index (χ3v) is 5.33. The molecule has 0 aliphatic rings. The Labute approximate surface area is 181 Å². The van der Waals surface area contributed by atoms with Gasteiger partial charge < -0.3 is 14.5 Å². The molecule has 1 heterocycles. The number of aromatic amines is 1. The molecule has 158 valence electrons. The molecule has 0 saturated carbocycles. The molecule has 1 N–H and O–H groups in total. The van der Waals surface area contributed by atoms with Gasteiger partial charge in [-0.05, 0) is 24.2 Å². The van der Waals surface area contributed by atoms with Crippen molar-refractivity contribution in [1.82, 2.24) is 14.9 Å². The molecule has 4 rings (SSSR count). The monoisotopic (exact) mass is 415 g/mol. The molecule has 0 spiro atoms. The van der Waals surface area contributed by atoms with Crippen molar-refractivity contribution in [3.05, 3.63) is 100 Å². The molecule has 1 aromatic heterocycles. The van der Waals surface area contributed by atoms with Crippen LogP contribution in [-0.4, -0.2) is 36.1 Å². The number of ether oxygens (including phenoxy) is 2. The smallest absolute Gasteiger partial charge is 0.258 e. The summed E-state index contributed by atoms with van der Waals surface area (Å²) in [6, 6.07) is 24.0. The summed E-state index contributed by atoms with van der Waals surface area (Å²) in [5.74, 6) is 1.63. The van der Waals surface area contributed by atoms with Crippen molar-refractivity contribution in [2.24, 2.45) is 0 Å². The number of aromatic nitrogens is 2. The quantitative estimate of drug-likeness (QED) is 0.491. The molecular weight excluding hydrogens is 390 g/mol. The first-order valence-electron chi connectivity index (χ1n) is 10.1. The molecular formula is C25H25N3O3. The van der Waals surface area contributed by atoms with Gasteiger partial charge in [0, 0.05) is 6.07 Å². The lowest BCUT2D eigenvalue weighted by atomic mass is 9.97. The molecule has 0 aliphatic heterocycles. The van der Waals surface area contributed by atoms with Gasteiger partial charge in [0.25, 0.3) is 5.56 Å². The zero-order valence-corrected chi connectivity index (χ0v) is 17.8. The predicted molar refractivity (Wildman–Crippen MR) is 122 cm³/mol. The largest absolute Gasteiger partial charge is 0.493 e. The van der Waals surface area contributed by atoms with Gasteiger partial charge in [-0.25, -0.2) is 4.98 Å². The van der Waals surface area contributed by atoms with E-state index in [9.17, 15) is 4.79 Å². The number of nitrogens with one attached hydrogen (secondary N) is 1. The van der Waals surface area contributed by atoms with Crippen molar-refractivity contribution >= 4 is 10.9 Å². The molecule has 0 radical (unpaired) electrons. The predicted octanol–water partition coefficient (Wildman–Crippen LogP) is 4.16. The first-order valence-corrected chi connectivity index (χ1v) is 10.1. The molecule has 4 aromatic rings. The minimum absolute atomic E-state index is 0.0220. The van der Waals surface area contributed by atoms with E-state index >= 15 is 0 Å². The number of rotatable bonds is 7. The van der Waals surface area contributed by atoms with Crippen LogP contribution in [0.1, 0.15) is 23.0 Å². The van der Waals surface area contributed by atoms with E-state index in [0.29, 0.717) is 34.8 Å². The first kappa shape index (κ1) is 20.6. The molecule has 0 bridgehead atoms. The zero-order chi connectivity index (χ0) is 21.8. The molecule has 0 unspecified atom stereocenters. The number of H-pyrrole nitrogens is 1. The van der Waals surface area contributed by atoms with Crippen molar-refractivity contribution < 1.29 is 9.47 Å². The van der Waals surface area contributed by atoms with E-state index in [4.69, 9.17) is 14.5 Å². The van der Waals surface area contributed by atoms with Gasteiger partial charge in [0.15, 0.2) is 11.5 Å². The fraction of sp³-hybridized carbons (Fsp3) is 0.200. The summed E-state index contributed by atoms with van der Waals surface area (Å²) >= 11 is 0. The van der Waals surface area contributed by atoms with Crippen LogP contribution >= 0.6 is 0 Å². The average molecular weight is 415 g/mol. The number of nitrogens with zero attached hydrogens (tertiary/aromatic N) is 2. The highest BCUT2D eigenvalue weighted by Crippen LogP contribution is 2.31. The van der Waals surface area contributed by atoms with Crippen molar-refractivity contribution in [2.75, 3.05) is 21.3 Å². The SMILES string of the molecule is COc1cc2nc(CN(C)C(c3ccccc3)c3ccccc3)[nH]c(=O)c2cc1OC. The second kappa shape index (κ2) is 9.02. The topological polar surface area (TPSA) is 67.5 Å². The third-order valence-electron chi connectivity index (χ3n) is 5.33. The minimum atomic E-state index is -0.203. The highest BCUT2D eigenvalue weighted by Gasteiger charge is 2.20. The lowest BCUT2D eigenvalue weighted by Gasteiger charge is -2.28. The van der Waals surface area contributed by atoms with Crippen LogP contribution in [0.2, 0.25) is 0 Å². The van der Waals surface area contributed by atoms with Gasteiger partial charge in [-0.1, -0.05) is 60.7 Å². The van der Waals surface area contributed by atoms with E-state index < -0.39 is 0 Å². The number of benzene rings is 3. The molecule has 0 atom stereocenters.